The molecule has 4 aromatic rings. The van der Waals surface area contributed by atoms with E-state index < -0.39 is 12.5 Å². The number of anilines is 1. The Kier molecular flexibility index (Phi) is 4.41. The molecule has 2 heterocycles. The summed E-state index contributed by atoms with van der Waals surface area (Å²) in [4.78, 5) is 16.8. The first kappa shape index (κ1) is 17.3. The third-order valence-electron chi connectivity index (χ3n) is 4.02. The molecule has 0 spiro atoms. The van der Waals surface area contributed by atoms with Crippen LogP contribution in [0.5, 0.6) is 0 Å². The van der Waals surface area contributed by atoms with E-state index in [1.165, 1.54) is 17.8 Å². The van der Waals surface area contributed by atoms with Crippen molar-refractivity contribution in [3.05, 3.63) is 66.0 Å². The van der Waals surface area contributed by atoms with Crippen molar-refractivity contribution in [3.63, 3.8) is 0 Å². The molecule has 8 heteroatoms. The van der Waals surface area contributed by atoms with Crippen molar-refractivity contribution >= 4 is 33.1 Å². The van der Waals surface area contributed by atoms with E-state index in [0.717, 1.165) is 20.8 Å². The van der Waals surface area contributed by atoms with E-state index in [2.05, 4.69) is 21.5 Å². The Morgan fingerprint density at radius 2 is 1.93 bits per heavy atom. The normalized spacial score (nSPS) is 11.3. The Labute approximate surface area is 157 Å². The molecule has 1 amide bonds. The molecule has 2 aromatic carbocycles. The van der Waals surface area contributed by atoms with Gasteiger partial charge < -0.3 is 5.32 Å². The van der Waals surface area contributed by atoms with Crippen LogP contribution in [0.3, 0.4) is 0 Å². The zero-order chi connectivity index (χ0) is 19.0. The molecule has 0 aliphatic rings. The molecule has 0 radical (unpaired) electrons. The van der Waals surface area contributed by atoms with E-state index in [1.807, 2.05) is 31.2 Å². The summed E-state index contributed by atoms with van der Waals surface area (Å²) < 4.78 is 27.2. The predicted octanol–water partition coefficient (Wildman–Crippen LogP) is 5.12. The molecule has 5 nitrogen and oxygen atoms in total. The SMILES string of the molecule is Cc1ccc2nc(-c3ccc(NC(=O)c4ccnn4C(F)F)cc3)sc2c1. The molecular weight excluding hydrogens is 370 g/mol. The van der Waals surface area contributed by atoms with E-state index >= 15 is 0 Å². The number of carbonyl (C=O) groups is 1. The highest BCUT2D eigenvalue weighted by Gasteiger charge is 2.18. The van der Waals surface area contributed by atoms with Crippen molar-refractivity contribution in [2.24, 2.45) is 0 Å². The van der Waals surface area contributed by atoms with Gasteiger partial charge in [-0.05, 0) is 55.0 Å². The zero-order valence-electron chi connectivity index (χ0n) is 14.2. The van der Waals surface area contributed by atoms with Gasteiger partial charge in [0.1, 0.15) is 10.7 Å². The smallest absolute Gasteiger partial charge is 0.321 e. The Balaban J connectivity index is 1.54. The number of alkyl halides is 2. The molecule has 2 aromatic heterocycles. The van der Waals surface area contributed by atoms with Gasteiger partial charge in [0, 0.05) is 17.4 Å². The monoisotopic (exact) mass is 384 g/mol. The second kappa shape index (κ2) is 6.88. The van der Waals surface area contributed by atoms with Crippen LogP contribution in [0, 0.1) is 6.92 Å². The molecule has 0 fully saturated rings. The molecule has 0 saturated carbocycles. The molecule has 0 aliphatic carbocycles. The second-order valence-electron chi connectivity index (χ2n) is 5.96. The molecule has 27 heavy (non-hydrogen) atoms. The Morgan fingerprint density at radius 3 is 2.67 bits per heavy atom. The quantitative estimate of drug-likeness (QED) is 0.532. The van der Waals surface area contributed by atoms with Gasteiger partial charge in [0.05, 0.1) is 10.2 Å². The number of aryl methyl sites for hydroxylation is 1. The molecule has 4 rings (SSSR count). The first-order valence-corrected chi connectivity index (χ1v) is 8.93. The lowest BCUT2D eigenvalue weighted by atomic mass is 10.2. The number of nitrogens with zero attached hydrogens (tertiary/aromatic N) is 3. The lowest BCUT2D eigenvalue weighted by Gasteiger charge is -2.08. The van der Waals surface area contributed by atoms with Crippen molar-refractivity contribution < 1.29 is 13.6 Å². The molecule has 0 bridgehead atoms. The number of carbonyl (C=O) groups excluding carboxylic acids is 1. The van der Waals surface area contributed by atoms with Crippen molar-refractivity contribution in [2.45, 2.75) is 13.5 Å². The first-order valence-electron chi connectivity index (χ1n) is 8.12. The minimum atomic E-state index is -2.87. The Hall–Kier alpha value is -3.13. The molecule has 1 N–H and O–H groups in total. The average Bonchev–Trinajstić information content (AvgIpc) is 3.29. The van der Waals surface area contributed by atoms with Crippen LogP contribution < -0.4 is 5.32 Å². The highest BCUT2D eigenvalue weighted by Crippen LogP contribution is 2.31. The number of rotatable bonds is 4. The summed E-state index contributed by atoms with van der Waals surface area (Å²) in [6, 6.07) is 14.5. The summed E-state index contributed by atoms with van der Waals surface area (Å²) in [5.41, 5.74) is 3.35. The van der Waals surface area contributed by atoms with Gasteiger partial charge in [0.2, 0.25) is 0 Å². The molecule has 0 aliphatic heterocycles. The van der Waals surface area contributed by atoms with Crippen LogP contribution in [0.25, 0.3) is 20.8 Å². The third kappa shape index (κ3) is 3.43. The van der Waals surface area contributed by atoms with Gasteiger partial charge in [-0.15, -0.1) is 11.3 Å². The van der Waals surface area contributed by atoms with Gasteiger partial charge in [-0.1, -0.05) is 6.07 Å². The van der Waals surface area contributed by atoms with Crippen LogP contribution in [0.4, 0.5) is 14.5 Å². The fourth-order valence-electron chi connectivity index (χ4n) is 2.70. The van der Waals surface area contributed by atoms with Crippen LogP contribution in [0.1, 0.15) is 22.6 Å². The van der Waals surface area contributed by atoms with E-state index in [0.29, 0.717) is 10.4 Å². The Bertz CT molecular complexity index is 1120. The largest absolute Gasteiger partial charge is 0.333 e. The summed E-state index contributed by atoms with van der Waals surface area (Å²) in [7, 11) is 0. The van der Waals surface area contributed by atoms with Crippen molar-refractivity contribution in [2.75, 3.05) is 5.32 Å². The number of hydrogen-bond donors (Lipinski definition) is 1. The van der Waals surface area contributed by atoms with Crippen molar-refractivity contribution in [1.82, 2.24) is 14.8 Å². The summed E-state index contributed by atoms with van der Waals surface area (Å²) in [6.07, 6.45) is 1.17. The van der Waals surface area contributed by atoms with Gasteiger partial charge in [-0.2, -0.15) is 18.6 Å². The van der Waals surface area contributed by atoms with Crippen LogP contribution >= 0.6 is 11.3 Å². The van der Waals surface area contributed by atoms with Gasteiger partial charge >= 0.3 is 6.55 Å². The summed E-state index contributed by atoms with van der Waals surface area (Å²) in [6.45, 7) is -0.832. The third-order valence-corrected chi connectivity index (χ3v) is 5.09. The number of amides is 1. The fourth-order valence-corrected chi connectivity index (χ4v) is 3.77. The number of halogens is 2. The van der Waals surface area contributed by atoms with Crippen LogP contribution in [0.2, 0.25) is 0 Å². The molecule has 0 atom stereocenters. The minimum absolute atomic E-state index is 0.199. The van der Waals surface area contributed by atoms with Crippen molar-refractivity contribution in [3.8, 4) is 10.6 Å². The van der Waals surface area contributed by atoms with Gasteiger partial charge in [0.25, 0.3) is 5.91 Å². The van der Waals surface area contributed by atoms with Crippen molar-refractivity contribution in [1.29, 1.82) is 0 Å². The van der Waals surface area contributed by atoms with Crippen LogP contribution in [-0.4, -0.2) is 20.7 Å². The number of thiazole rings is 1. The lowest BCUT2D eigenvalue weighted by molar-refractivity contribution is 0.0520. The average molecular weight is 384 g/mol. The number of fused-ring (bicyclic) bond motifs is 1. The predicted molar refractivity (Wildman–Crippen MR) is 101 cm³/mol. The standard InChI is InChI=1S/C19H14F2N4OS/c1-11-2-7-14-16(10-11)27-18(24-14)12-3-5-13(6-4-12)23-17(26)15-8-9-22-25(15)19(20)21/h2-10,19H,1H3,(H,23,26). The van der Waals surface area contributed by atoms with Gasteiger partial charge in [-0.25, -0.2) is 4.98 Å². The summed E-state index contributed by atoms with van der Waals surface area (Å²) in [5.74, 6) is -0.643. The number of benzene rings is 2. The second-order valence-corrected chi connectivity index (χ2v) is 6.99. The molecule has 136 valence electrons. The van der Waals surface area contributed by atoms with E-state index in [4.69, 9.17) is 0 Å². The van der Waals surface area contributed by atoms with E-state index in [9.17, 15) is 13.6 Å². The maximum Gasteiger partial charge on any atom is 0.333 e. The molecule has 0 saturated heterocycles. The fraction of sp³-hybridized carbons (Fsp3) is 0.105. The molecule has 0 unspecified atom stereocenters. The maximum atomic E-state index is 12.8. The Morgan fingerprint density at radius 1 is 1.15 bits per heavy atom. The highest BCUT2D eigenvalue weighted by molar-refractivity contribution is 7.21. The highest BCUT2D eigenvalue weighted by atomic mass is 32.1. The molecular formula is C19H14F2N4OS. The number of hydrogen-bond acceptors (Lipinski definition) is 4. The lowest BCUT2D eigenvalue weighted by Crippen LogP contribution is -2.18. The maximum absolute atomic E-state index is 12.8. The number of aromatic nitrogens is 3. The zero-order valence-corrected chi connectivity index (χ0v) is 15.0. The van der Waals surface area contributed by atoms with Gasteiger partial charge in [-0.3, -0.25) is 4.79 Å². The summed E-state index contributed by atoms with van der Waals surface area (Å²) in [5, 5.41) is 6.94. The van der Waals surface area contributed by atoms with E-state index in [-0.39, 0.29) is 5.69 Å². The first-order chi connectivity index (χ1) is 13.0. The van der Waals surface area contributed by atoms with Crippen LogP contribution in [-0.2, 0) is 0 Å². The van der Waals surface area contributed by atoms with Gasteiger partial charge in [0.15, 0.2) is 0 Å². The number of nitrogens with one attached hydrogen (secondary N) is 1. The topological polar surface area (TPSA) is 59.8 Å². The summed E-state index contributed by atoms with van der Waals surface area (Å²) >= 11 is 1.59. The minimum Gasteiger partial charge on any atom is -0.321 e. The van der Waals surface area contributed by atoms with Crippen LogP contribution in [0.15, 0.2) is 54.7 Å². The van der Waals surface area contributed by atoms with E-state index in [1.54, 1.807) is 23.5 Å².